The van der Waals surface area contributed by atoms with E-state index in [9.17, 15) is 9.59 Å². The summed E-state index contributed by atoms with van der Waals surface area (Å²) in [5, 5.41) is 10.7. The Morgan fingerprint density at radius 3 is 2.88 bits per heavy atom. The van der Waals surface area contributed by atoms with E-state index in [1.54, 1.807) is 6.20 Å². The Bertz CT molecular complexity index is 1150. The molecule has 0 radical (unpaired) electrons. The van der Waals surface area contributed by atoms with E-state index in [0.29, 0.717) is 19.0 Å². The quantitative estimate of drug-likeness (QED) is 0.575. The van der Waals surface area contributed by atoms with E-state index in [4.69, 9.17) is 4.98 Å². The van der Waals surface area contributed by atoms with Crippen molar-refractivity contribution in [1.82, 2.24) is 29.5 Å². The average molecular weight is 450 g/mol. The van der Waals surface area contributed by atoms with Gasteiger partial charge in [0.2, 0.25) is 11.8 Å². The molecule has 9 heteroatoms. The molecular weight excluding hydrogens is 418 g/mol. The zero-order chi connectivity index (χ0) is 22.8. The van der Waals surface area contributed by atoms with Crippen molar-refractivity contribution in [1.29, 1.82) is 0 Å². The Hall–Kier alpha value is -3.36. The minimum atomic E-state index is -0.174. The summed E-state index contributed by atoms with van der Waals surface area (Å²) in [6, 6.07) is 6.48. The van der Waals surface area contributed by atoms with Gasteiger partial charge in [0.05, 0.1) is 17.6 Å². The van der Waals surface area contributed by atoms with Crippen molar-refractivity contribution >= 4 is 28.5 Å². The molecule has 5 rings (SSSR count). The lowest BCUT2D eigenvalue weighted by molar-refractivity contribution is -0.132. The smallest absolute Gasteiger partial charge is 0.241 e. The van der Waals surface area contributed by atoms with Gasteiger partial charge in [-0.1, -0.05) is 0 Å². The number of hydrogen-bond acceptors (Lipinski definition) is 5. The first kappa shape index (κ1) is 21.5. The lowest BCUT2D eigenvalue weighted by Gasteiger charge is -2.24. The van der Waals surface area contributed by atoms with Gasteiger partial charge in [0.25, 0.3) is 0 Å². The number of carbonyl (C=O) groups is 2. The van der Waals surface area contributed by atoms with Gasteiger partial charge in [-0.25, -0.2) is 4.98 Å². The van der Waals surface area contributed by atoms with E-state index < -0.39 is 0 Å². The van der Waals surface area contributed by atoms with E-state index in [1.165, 1.54) is 5.56 Å². The molecule has 33 heavy (non-hydrogen) atoms. The molecule has 2 N–H and O–H groups in total. The molecule has 3 aromatic rings. The predicted molar refractivity (Wildman–Crippen MR) is 126 cm³/mol. The zero-order valence-electron chi connectivity index (χ0n) is 19.1. The molecule has 1 aromatic carbocycles. The van der Waals surface area contributed by atoms with E-state index in [1.807, 2.05) is 32.5 Å². The highest BCUT2D eigenvalue weighted by molar-refractivity contribution is 5.88. The summed E-state index contributed by atoms with van der Waals surface area (Å²) < 4.78 is 3.87. The van der Waals surface area contributed by atoms with Crippen molar-refractivity contribution in [3.63, 3.8) is 0 Å². The first-order chi connectivity index (χ1) is 16.1. The van der Waals surface area contributed by atoms with Crippen LogP contribution in [0.2, 0.25) is 0 Å². The van der Waals surface area contributed by atoms with Gasteiger partial charge < -0.3 is 20.1 Å². The molecule has 2 aliphatic heterocycles. The number of fused-ring (bicyclic) bond motifs is 3. The minimum absolute atomic E-state index is 0.00971. The number of nitrogens with one attached hydrogen (secondary N) is 2. The van der Waals surface area contributed by atoms with Gasteiger partial charge >= 0.3 is 0 Å². The first-order valence-electron chi connectivity index (χ1n) is 11.9. The number of carbonyl (C=O) groups excluding carboxylic acids is 2. The minimum Gasteiger partial charge on any atom is -0.382 e. The van der Waals surface area contributed by atoms with Crippen LogP contribution in [0.25, 0.3) is 11.0 Å². The molecule has 1 fully saturated rings. The number of anilines is 1. The molecule has 2 aromatic heterocycles. The van der Waals surface area contributed by atoms with Gasteiger partial charge in [0.15, 0.2) is 0 Å². The summed E-state index contributed by atoms with van der Waals surface area (Å²) in [6.45, 7) is 4.64. The number of rotatable bonds is 7. The van der Waals surface area contributed by atoms with Crippen LogP contribution in [0.5, 0.6) is 0 Å². The van der Waals surface area contributed by atoms with Crippen molar-refractivity contribution in [2.75, 3.05) is 25.0 Å². The van der Waals surface area contributed by atoms with Gasteiger partial charge in [0.1, 0.15) is 12.4 Å². The number of likely N-dealkylation sites (tertiary alicyclic amines) is 1. The average Bonchev–Trinajstić information content (AvgIpc) is 3.57. The van der Waals surface area contributed by atoms with Gasteiger partial charge in [-0.15, -0.1) is 0 Å². The monoisotopic (exact) mass is 449 g/mol. The Morgan fingerprint density at radius 2 is 2.09 bits per heavy atom. The fourth-order valence-electron chi connectivity index (χ4n) is 4.85. The van der Waals surface area contributed by atoms with Crippen LogP contribution in [0.4, 0.5) is 5.69 Å². The highest BCUT2D eigenvalue weighted by Crippen LogP contribution is 2.32. The van der Waals surface area contributed by atoms with Crippen LogP contribution in [0, 0.1) is 0 Å². The molecule has 1 atom stereocenters. The maximum absolute atomic E-state index is 12.8. The fraction of sp³-hybridized carbons (Fsp3) is 0.500. The molecule has 1 saturated heterocycles. The number of hydrogen-bond donors (Lipinski definition) is 2. The van der Waals surface area contributed by atoms with E-state index >= 15 is 0 Å². The number of aromatic nitrogens is 4. The Labute approximate surface area is 193 Å². The third-order valence-electron chi connectivity index (χ3n) is 6.65. The Balaban J connectivity index is 1.38. The number of benzene rings is 1. The van der Waals surface area contributed by atoms with Crippen molar-refractivity contribution in [3.05, 3.63) is 42.0 Å². The van der Waals surface area contributed by atoms with Crippen LogP contribution in [-0.2, 0) is 35.5 Å². The van der Waals surface area contributed by atoms with Crippen LogP contribution in [0.1, 0.15) is 37.6 Å². The van der Waals surface area contributed by atoms with Crippen LogP contribution >= 0.6 is 0 Å². The summed E-state index contributed by atoms with van der Waals surface area (Å²) in [7, 11) is 0. The lowest BCUT2D eigenvalue weighted by atomic mass is 9.98. The summed E-state index contributed by atoms with van der Waals surface area (Å²) in [5.41, 5.74) is 4.27. The number of nitrogens with zero attached hydrogens (tertiary/aromatic N) is 5. The SMILES string of the molecule is C[C@H]1CCc2c(ccc3c2nc(CCn2cccn2)n3CC(=O)NCC(=O)N2CCCC2)N1. The zero-order valence-corrected chi connectivity index (χ0v) is 19.1. The van der Waals surface area contributed by atoms with Gasteiger partial charge in [0, 0.05) is 55.7 Å². The Kier molecular flexibility index (Phi) is 6.02. The molecule has 9 nitrogen and oxygen atoms in total. The fourth-order valence-corrected chi connectivity index (χ4v) is 4.85. The van der Waals surface area contributed by atoms with E-state index in [2.05, 4.69) is 28.7 Å². The highest BCUT2D eigenvalue weighted by atomic mass is 16.2. The molecule has 0 saturated carbocycles. The summed E-state index contributed by atoms with van der Waals surface area (Å²) in [4.78, 5) is 32.0. The first-order valence-corrected chi connectivity index (χ1v) is 11.9. The van der Waals surface area contributed by atoms with Gasteiger partial charge in [-0.05, 0) is 50.8 Å². The van der Waals surface area contributed by atoms with Crippen molar-refractivity contribution in [2.45, 2.75) is 58.2 Å². The summed E-state index contributed by atoms with van der Waals surface area (Å²) >= 11 is 0. The predicted octanol–water partition coefficient (Wildman–Crippen LogP) is 1.96. The molecule has 0 bridgehead atoms. The van der Waals surface area contributed by atoms with Crippen molar-refractivity contribution in [2.24, 2.45) is 0 Å². The molecule has 0 spiro atoms. The molecule has 0 unspecified atom stereocenters. The molecule has 174 valence electrons. The second-order valence-electron chi connectivity index (χ2n) is 9.04. The third-order valence-corrected chi connectivity index (χ3v) is 6.65. The molecule has 2 amide bonds. The van der Waals surface area contributed by atoms with Crippen molar-refractivity contribution < 1.29 is 9.59 Å². The highest BCUT2D eigenvalue weighted by Gasteiger charge is 2.23. The molecule has 4 heterocycles. The topological polar surface area (TPSA) is 97.1 Å². The second kappa shape index (κ2) is 9.25. The van der Waals surface area contributed by atoms with Gasteiger partial charge in [-0.2, -0.15) is 5.10 Å². The van der Waals surface area contributed by atoms with Crippen LogP contribution in [0.3, 0.4) is 0 Å². The lowest BCUT2D eigenvalue weighted by Crippen LogP contribution is -2.39. The van der Waals surface area contributed by atoms with Crippen molar-refractivity contribution in [3.8, 4) is 0 Å². The maximum Gasteiger partial charge on any atom is 0.241 e. The number of amides is 2. The normalized spacial score (nSPS) is 17.7. The Morgan fingerprint density at radius 1 is 1.24 bits per heavy atom. The number of imidazole rings is 1. The third kappa shape index (κ3) is 4.58. The molecule has 0 aliphatic carbocycles. The van der Waals surface area contributed by atoms with Crippen LogP contribution < -0.4 is 10.6 Å². The molecular formula is C24H31N7O2. The van der Waals surface area contributed by atoms with E-state index in [-0.39, 0.29) is 24.9 Å². The largest absolute Gasteiger partial charge is 0.382 e. The number of aryl methyl sites for hydroxylation is 3. The second-order valence-corrected chi connectivity index (χ2v) is 9.04. The van der Waals surface area contributed by atoms with Crippen LogP contribution in [-0.4, -0.2) is 61.7 Å². The molecule has 2 aliphatic rings. The standard InChI is InChI=1S/C24H31N7O2/c1-17-5-6-18-19(27-17)7-8-20-24(18)28-21(9-14-30-13-4-10-26-30)31(20)16-22(32)25-15-23(33)29-11-2-3-12-29/h4,7-8,10,13,17,27H,2-3,5-6,9,11-12,14-16H2,1H3,(H,25,32)/t17-/m0/s1. The summed E-state index contributed by atoms with van der Waals surface area (Å²) in [6.07, 6.45) is 8.45. The van der Waals surface area contributed by atoms with E-state index in [0.717, 1.165) is 61.3 Å². The summed E-state index contributed by atoms with van der Waals surface area (Å²) in [5.74, 6) is 0.671. The van der Waals surface area contributed by atoms with Gasteiger partial charge in [-0.3, -0.25) is 14.3 Å². The maximum atomic E-state index is 12.8. The van der Waals surface area contributed by atoms with Crippen LogP contribution in [0.15, 0.2) is 30.6 Å².